The molecule has 2 aromatic rings. The maximum Gasteiger partial charge on any atom is 0.334 e. The molecule has 0 saturated heterocycles. The molecule has 0 aliphatic rings. The van der Waals surface area contributed by atoms with Crippen LogP contribution in [0.25, 0.3) is 17.3 Å². The highest BCUT2D eigenvalue weighted by atomic mass is 32.2. The molecule has 1 aromatic carbocycles. The number of ether oxygens (including phenoxy) is 2. The molecule has 37 heavy (non-hydrogen) atoms. The van der Waals surface area contributed by atoms with Gasteiger partial charge in [0.15, 0.2) is 0 Å². The van der Waals surface area contributed by atoms with Crippen molar-refractivity contribution in [3.8, 4) is 11.3 Å². The van der Waals surface area contributed by atoms with Crippen molar-refractivity contribution in [2.75, 3.05) is 30.8 Å². The van der Waals surface area contributed by atoms with Gasteiger partial charge in [0.05, 0.1) is 43.0 Å². The number of benzene rings is 1. The maximum absolute atomic E-state index is 13.6. The summed E-state index contributed by atoms with van der Waals surface area (Å²) in [7, 11) is -2.29. The minimum absolute atomic E-state index is 0.0157. The molecule has 0 saturated carbocycles. The van der Waals surface area contributed by atoms with Crippen LogP contribution in [0, 0.1) is 5.82 Å². The highest BCUT2D eigenvalue weighted by Crippen LogP contribution is 2.31. The lowest BCUT2D eigenvalue weighted by Gasteiger charge is -2.20. The highest BCUT2D eigenvalue weighted by Gasteiger charge is 2.22. The van der Waals surface area contributed by atoms with Gasteiger partial charge >= 0.3 is 5.97 Å². The van der Waals surface area contributed by atoms with Crippen molar-refractivity contribution in [3.05, 3.63) is 59.3 Å². The zero-order chi connectivity index (χ0) is 27.8. The Morgan fingerprint density at radius 3 is 2.30 bits per heavy atom. The molecular weight excluding hydrogens is 501 g/mol. The van der Waals surface area contributed by atoms with E-state index in [1.54, 1.807) is 19.9 Å². The van der Waals surface area contributed by atoms with Crippen molar-refractivity contribution >= 4 is 28.0 Å². The standard InChI is InChI=1S/C26H34FN3O6S/c1-7-35-21(16-23(32)36-8-2)15-20(31)13-14-22-24(17(3)4)28-26(30(5)37(6,33)34)29-25(22)18-9-11-19(27)12-10-18/h9-14,16-17,20,31H,7-8,15H2,1-6H3/b14-13+,21-16-. The van der Waals surface area contributed by atoms with Crippen LogP contribution in [0.3, 0.4) is 0 Å². The van der Waals surface area contributed by atoms with Crippen LogP contribution in [0.1, 0.15) is 51.3 Å². The van der Waals surface area contributed by atoms with Gasteiger partial charge in [-0.2, -0.15) is 0 Å². The third kappa shape index (κ3) is 8.64. The lowest BCUT2D eigenvalue weighted by Crippen LogP contribution is -2.27. The van der Waals surface area contributed by atoms with Gasteiger partial charge in [0.1, 0.15) is 11.6 Å². The molecule has 0 fully saturated rings. The summed E-state index contributed by atoms with van der Waals surface area (Å²) >= 11 is 0. The van der Waals surface area contributed by atoms with E-state index < -0.39 is 27.9 Å². The minimum atomic E-state index is -3.64. The molecule has 1 heterocycles. The molecule has 2 rings (SSSR count). The monoisotopic (exact) mass is 535 g/mol. The summed E-state index contributed by atoms with van der Waals surface area (Å²) < 4.78 is 49.3. The average Bonchev–Trinajstić information content (AvgIpc) is 2.82. The van der Waals surface area contributed by atoms with E-state index in [1.807, 2.05) is 13.8 Å². The van der Waals surface area contributed by atoms with E-state index in [0.717, 1.165) is 10.6 Å². The number of sulfonamides is 1. The van der Waals surface area contributed by atoms with Gasteiger partial charge in [-0.25, -0.2) is 31.9 Å². The van der Waals surface area contributed by atoms with Crippen LogP contribution in [-0.4, -0.2) is 62.1 Å². The predicted molar refractivity (Wildman–Crippen MR) is 141 cm³/mol. The molecule has 0 aliphatic heterocycles. The van der Waals surface area contributed by atoms with Gasteiger partial charge in [0, 0.05) is 24.6 Å². The molecule has 0 aliphatic carbocycles. The molecule has 9 nitrogen and oxygen atoms in total. The Morgan fingerprint density at radius 2 is 1.76 bits per heavy atom. The zero-order valence-electron chi connectivity index (χ0n) is 21.9. The Morgan fingerprint density at radius 1 is 1.14 bits per heavy atom. The first-order chi connectivity index (χ1) is 17.4. The second-order valence-corrected chi connectivity index (χ2v) is 10.5. The van der Waals surface area contributed by atoms with Gasteiger partial charge in [-0.1, -0.05) is 26.0 Å². The number of hydrogen-bond donors (Lipinski definition) is 1. The Labute approximate surface area is 217 Å². The second-order valence-electron chi connectivity index (χ2n) is 8.49. The van der Waals surface area contributed by atoms with Gasteiger partial charge in [-0.05, 0) is 44.0 Å². The van der Waals surface area contributed by atoms with E-state index in [4.69, 9.17) is 9.47 Å². The molecule has 1 N–H and O–H groups in total. The van der Waals surface area contributed by atoms with E-state index in [0.29, 0.717) is 29.1 Å². The van der Waals surface area contributed by atoms with Crippen LogP contribution in [0.15, 0.2) is 42.2 Å². The van der Waals surface area contributed by atoms with Crippen LogP contribution in [0.4, 0.5) is 10.3 Å². The number of aliphatic hydroxyl groups is 1. The number of nitrogens with zero attached hydrogens (tertiary/aromatic N) is 3. The zero-order valence-corrected chi connectivity index (χ0v) is 22.8. The normalized spacial score (nSPS) is 13.2. The molecule has 0 radical (unpaired) electrons. The van der Waals surface area contributed by atoms with Crippen molar-refractivity contribution in [3.63, 3.8) is 0 Å². The number of anilines is 1. The Kier molecular flexibility index (Phi) is 10.8. The van der Waals surface area contributed by atoms with E-state index in [1.165, 1.54) is 43.5 Å². The molecule has 0 bridgehead atoms. The van der Waals surface area contributed by atoms with Crippen molar-refractivity contribution < 1.29 is 32.2 Å². The second kappa shape index (κ2) is 13.3. The van der Waals surface area contributed by atoms with Gasteiger partial charge in [0.2, 0.25) is 16.0 Å². The van der Waals surface area contributed by atoms with Gasteiger partial charge in [-0.3, -0.25) is 0 Å². The van der Waals surface area contributed by atoms with E-state index in [-0.39, 0.29) is 30.7 Å². The number of carbonyl (C=O) groups excluding carboxylic acids is 1. The number of rotatable bonds is 12. The third-order valence-electron chi connectivity index (χ3n) is 5.20. The quantitative estimate of drug-likeness (QED) is 0.246. The van der Waals surface area contributed by atoms with E-state index >= 15 is 0 Å². The fraction of sp³-hybridized carbons (Fsp3) is 0.423. The molecule has 11 heteroatoms. The fourth-order valence-corrected chi connectivity index (χ4v) is 3.72. The van der Waals surface area contributed by atoms with E-state index in [2.05, 4.69) is 9.97 Å². The maximum atomic E-state index is 13.6. The number of aromatic nitrogens is 2. The average molecular weight is 536 g/mol. The summed E-state index contributed by atoms with van der Waals surface area (Å²) in [6.07, 6.45) is 4.37. The van der Waals surface area contributed by atoms with Crippen molar-refractivity contribution in [1.29, 1.82) is 0 Å². The Hall–Kier alpha value is -3.31. The molecule has 0 spiro atoms. The lowest BCUT2D eigenvalue weighted by atomic mass is 9.97. The molecule has 1 atom stereocenters. The summed E-state index contributed by atoms with van der Waals surface area (Å²) in [5.74, 6) is -0.906. The van der Waals surface area contributed by atoms with Crippen LogP contribution in [0.5, 0.6) is 0 Å². The number of halogens is 1. The highest BCUT2D eigenvalue weighted by molar-refractivity contribution is 7.92. The number of esters is 1. The first-order valence-electron chi connectivity index (χ1n) is 11.8. The fourth-order valence-electron chi connectivity index (χ4n) is 3.34. The van der Waals surface area contributed by atoms with Crippen LogP contribution in [0.2, 0.25) is 0 Å². The van der Waals surface area contributed by atoms with Crippen LogP contribution in [-0.2, 0) is 24.3 Å². The first-order valence-corrected chi connectivity index (χ1v) is 13.7. The lowest BCUT2D eigenvalue weighted by molar-refractivity contribution is -0.137. The molecule has 0 amide bonds. The van der Waals surface area contributed by atoms with Gasteiger partial charge in [-0.15, -0.1) is 0 Å². The summed E-state index contributed by atoms with van der Waals surface area (Å²) in [5, 5.41) is 10.7. The van der Waals surface area contributed by atoms with Gasteiger partial charge in [0.25, 0.3) is 0 Å². The molecule has 1 unspecified atom stereocenters. The summed E-state index contributed by atoms with van der Waals surface area (Å²) in [6.45, 7) is 7.75. The largest absolute Gasteiger partial charge is 0.498 e. The van der Waals surface area contributed by atoms with Crippen molar-refractivity contribution in [1.82, 2.24) is 9.97 Å². The van der Waals surface area contributed by atoms with Crippen molar-refractivity contribution in [2.45, 2.75) is 46.1 Å². The SMILES string of the molecule is CCOC(=O)/C=C(/CC(O)/C=C/c1c(-c2ccc(F)cc2)nc(N(C)S(C)(=O)=O)nc1C(C)C)OCC. The summed E-state index contributed by atoms with van der Waals surface area (Å²) in [4.78, 5) is 20.8. The predicted octanol–water partition coefficient (Wildman–Crippen LogP) is 4.05. The third-order valence-corrected chi connectivity index (χ3v) is 6.36. The Balaban J connectivity index is 2.58. The van der Waals surface area contributed by atoms with Crippen molar-refractivity contribution in [2.24, 2.45) is 0 Å². The minimum Gasteiger partial charge on any atom is -0.498 e. The van der Waals surface area contributed by atoms with Gasteiger partial charge < -0.3 is 14.6 Å². The Bertz CT molecular complexity index is 1240. The number of aliphatic hydroxyl groups excluding tert-OH is 1. The topological polar surface area (TPSA) is 119 Å². The molecule has 1 aromatic heterocycles. The smallest absolute Gasteiger partial charge is 0.334 e. The number of carbonyl (C=O) groups is 1. The molecular formula is C26H34FN3O6S. The first kappa shape index (κ1) is 29.9. The molecule has 202 valence electrons. The van der Waals surface area contributed by atoms with E-state index in [9.17, 15) is 22.7 Å². The number of hydrogen-bond acceptors (Lipinski definition) is 8. The summed E-state index contributed by atoms with van der Waals surface area (Å²) in [6, 6.07) is 5.64. The van der Waals surface area contributed by atoms with Crippen LogP contribution < -0.4 is 4.31 Å². The van der Waals surface area contributed by atoms with Crippen LogP contribution >= 0.6 is 0 Å². The summed E-state index contributed by atoms with van der Waals surface area (Å²) in [5.41, 5.74) is 1.99.